The van der Waals surface area contributed by atoms with Crippen LogP contribution in [-0.4, -0.2) is 75.3 Å². The first-order chi connectivity index (χ1) is 10.1. The van der Waals surface area contributed by atoms with Crippen LogP contribution in [0.4, 0.5) is 0 Å². The van der Waals surface area contributed by atoms with Gasteiger partial charge in [0.05, 0.1) is 24.7 Å². The van der Waals surface area contributed by atoms with E-state index in [2.05, 4.69) is 4.90 Å². The molecule has 0 bridgehead atoms. The third kappa shape index (κ3) is 4.49. The Morgan fingerprint density at radius 3 is 2.33 bits per heavy atom. The fourth-order valence-electron chi connectivity index (χ4n) is 2.30. The number of hydrogen-bond acceptors (Lipinski definition) is 5. The molecule has 1 aromatic rings. The van der Waals surface area contributed by atoms with Crippen LogP contribution in [0.2, 0.25) is 0 Å². The fourth-order valence-corrected chi connectivity index (χ4v) is 3.74. The Kier molecular flexibility index (Phi) is 6.13. The molecule has 1 aliphatic rings. The Morgan fingerprint density at radius 2 is 1.71 bits per heavy atom. The van der Waals surface area contributed by atoms with Gasteiger partial charge in [-0.25, -0.2) is 8.42 Å². The van der Waals surface area contributed by atoms with Crippen molar-refractivity contribution >= 4 is 10.0 Å². The SMILES string of the molecule is O=S(=O)(c1ccccc1)N1CCN(CCOCCO)CC1. The average molecular weight is 314 g/mol. The number of piperazine rings is 1. The Bertz CT molecular complexity index is 513. The fraction of sp³-hybridized carbons (Fsp3) is 0.571. The van der Waals surface area contributed by atoms with Gasteiger partial charge in [-0.2, -0.15) is 4.31 Å². The molecule has 118 valence electrons. The summed E-state index contributed by atoms with van der Waals surface area (Å²) in [5, 5.41) is 8.62. The molecule has 1 aromatic carbocycles. The summed E-state index contributed by atoms with van der Waals surface area (Å²) in [6.45, 7) is 4.11. The van der Waals surface area contributed by atoms with Gasteiger partial charge >= 0.3 is 0 Å². The molecule has 1 saturated heterocycles. The van der Waals surface area contributed by atoms with Gasteiger partial charge in [0.1, 0.15) is 0 Å². The number of sulfonamides is 1. The highest BCUT2D eigenvalue weighted by atomic mass is 32.2. The Labute approximate surface area is 126 Å². The summed E-state index contributed by atoms with van der Waals surface area (Å²) < 4.78 is 31.7. The molecule has 0 saturated carbocycles. The van der Waals surface area contributed by atoms with Crippen molar-refractivity contribution in [2.45, 2.75) is 4.90 Å². The molecule has 2 rings (SSSR count). The minimum Gasteiger partial charge on any atom is -0.394 e. The molecule has 0 aliphatic carbocycles. The summed E-state index contributed by atoms with van der Waals surface area (Å²) in [6, 6.07) is 8.54. The summed E-state index contributed by atoms with van der Waals surface area (Å²) in [5.41, 5.74) is 0. The predicted octanol–water partition coefficient (Wildman–Crippen LogP) is 0.00180. The van der Waals surface area contributed by atoms with Crippen LogP contribution in [0.15, 0.2) is 35.2 Å². The van der Waals surface area contributed by atoms with Crippen LogP contribution in [0.1, 0.15) is 0 Å². The van der Waals surface area contributed by atoms with Gasteiger partial charge in [0.2, 0.25) is 10.0 Å². The second-order valence-electron chi connectivity index (χ2n) is 4.89. The van der Waals surface area contributed by atoms with E-state index in [4.69, 9.17) is 9.84 Å². The van der Waals surface area contributed by atoms with Crippen molar-refractivity contribution in [3.63, 3.8) is 0 Å². The molecule has 0 unspecified atom stereocenters. The van der Waals surface area contributed by atoms with E-state index < -0.39 is 10.0 Å². The summed E-state index contributed by atoms with van der Waals surface area (Å²) >= 11 is 0. The Morgan fingerprint density at radius 1 is 1.05 bits per heavy atom. The van der Waals surface area contributed by atoms with E-state index in [1.165, 1.54) is 4.31 Å². The lowest BCUT2D eigenvalue weighted by molar-refractivity contribution is 0.0661. The maximum absolute atomic E-state index is 12.4. The van der Waals surface area contributed by atoms with Gasteiger partial charge in [-0.05, 0) is 12.1 Å². The second-order valence-corrected chi connectivity index (χ2v) is 6.83. The topological polar surface area (TPSA) is 70.1 Å². The van der Waals surface area contributed by atoms with Gasteiger partial charge in [0.25, 0.3) is 0 Å². The number of benzene rings is 1. The molecule has 0 spiro atoms. The largest absolute Gasteiger partial charge is 0.394 e. The molecular formula is C14H22N2O4S. The summed E-state index contributed by atoms with van der Waals surface area (Å²) in [7, 11) is -3.37. The van der Waals surface area contributed by atoms with Crippen molar-refractivity contribution < 1.29 is 18.3 Å². The van der Waals surface area contributed by atoms with Crippen LogP contribution in [0.5, 0.6) is 0 Å². The monoisotopic (exact) mass is 314 g/mol. The van der Waals surface area contributed by atoms with Gasteiger partial charge in [-0.15, -0.1) is 0 Å². The molecule has 1 fully saturated rings. The van der Waals surface area contributed by atoms with E-state index in [0.717, 1.165) is 6.54 Å². The van der Waals surface area contributed by atoms with E-state index in [-0.39, 0.29) is 6.61 Å². The van der Waals surface area contributed by atoms with Crippen LogP contribution < -0.4 is 0 Å². The number of hydrogen-bond donors (Lipinski definition) is 1. The van der Waals surface area contributed by atoms with Crippen molar-refractivity contribution in [3.05, 3.63) is 30.3 Å². The van der Waals surface area contributed by atoms with Gasteiger partial charge in [-0.3, -0.25) is 4.90 Å². The molecule has 1 heterocycles. The van der Waals surface area contributed by atoms with E-state index in [0.29, 0.717) is 44.3 Å². The minimum atomic E-state index is -3.37. The van der Waals surface area contributed by atoms with Crippen LogP contribution in [0, 0.1) is 0 Å². The first-order valence-electron chi connectivity index (χ1n) is 7.11. The average Bonchev–Trinajstić information content (AvgIpc) is 2.53. The summed E-state index contributed by atoms with van der Waals surface area (Å²) in [5.74, 6) is 0. The first-order valence-corrected chi connectivity index (χ1v) is 8.55. The first kappa shape index (κ1) is 16.4. The second kappa shape index (κ2) is 7.86. The van der Waals surface area contributed by atoms with E-state index in [9.17, 15) is 8.42 Å². The zero-order valence-electron chi connectivity index (χ0n) is 12.0. The van der Waals surface area contributed by atoms with Crippen LogP contribution in [0.25, 0.3) is 0 Å². The lowest BCUT2D eigenvalue weighted by Crippen LogP contribution is -2.49. The lowest BCUT2D eigenvalue weighted by atomic mass is 10.3. The molecule has 7 heteroatoms. The smallest absolute Gasteiger partial charge is 0.243 e. The molecule has 0 atom stereocenters. The molecule has 1 N–H and O–H groups in total. The molecule has 0 radical (unpaired) electrons. The van der Waals surface area contributed by atoms with E-state index in [1.807, 2.05) is 6.07 Å². The summed E-state index contributed by atoms with van der Waals surface area (Å²) in [6.07, 6.45) is 0. The highest BCUT2D eigenvalue weighted by Gasteiger charge is 2.27. The van der Waals surface area contributed by atoms with Crippen LogP contribution in [0.3, 0.4) is 0 Å². The van der Waals surface area contributed by atoms with Crippen molar-refractivity contribution in [1.29, 1.82) is 0 Å². The number of rotatable bonds is 7. The number of aliphatic hydroxyl groups excluding tert-OH is 1. The van der Waals surface area contributed by atoms with Gasteiger partial charge < -0.3 is 9.84 Å². The minimum absolute atomic E-state index is 0.0309. The van der Waals surface area contributed by atoms with Gasteiger partial charge in [0, 0.05) is 32.7 Å². The van der Waals surface area contributed by atoms with E-state index >= 15 is 0 Å². The molecule has 0 aromatic heterocycles. The maximum atomic E-state index is 12.4. The third-order valence-corrected chi connectivity index (χ3v) is 5.41. The Balaban J connectivity index is 1.83. The maximum Gasteiger partial charge on any atom is 0.243 e. The van der Waals surface area contributed by atoms with Crippen LogP contribution >= 0.6 is 0 Å². The summed E-state index contributed by atoms with van der Waals surface area (Å²) in [4.78, 5) is 2.53. The van der Waals surface area contributed by atoms with Gasteiger partial charge in [0.15, 0.2) is 0 Å². The Hall–Kier alpha value is -0.990. The zero-order valence-corrected chi connectivity index (χ0v) is 12.8. The number of ether oxygens (including phenoxy) is 1. The quantitative estimate of drug-likeness (QED) is 0.718. The normalized spacial score (nSPS) is 18.0. The van der Waals surface area contributed by atoms with Gasteiger partial charge in [-0.1, -0.05) is 18.2 Å². The number of aliphatic hydroxyl groups is 1. The molecule has 0 amide bonds. The van der Waals surface area contributed by atoms with Crippen molar-refractivity contribution in [2.24, 2.45) is 0 Å². The lowest BCUT2D eigenvalue weighted by Gasteiger charge is -2.33. The predicted molar refractivity (Wildman–Crippen MR) is 79.5 cm³/mol. The highest BCUT2D eigenvalue weighted by molar-refractivity contribution is 7.89. The molecule has 6 nitrogen and oxygen atoms in total. The molecule has 21 heavy (non-hydrogen) atoms. The molecular weight excluding hydrogens is 292 g/mol. The number of nitrogens with zero attached hydrogens (tertiary/aromatic N) is 2. The van der Waals surface area contributed by atoms with Crippen molar-refractivity contribution in [3.8, 4) is 0 Å². The van der Waals surface area contributed by atoms with E-state index in [1.54, 1.807) is 24.3 Å². The van der Waals surface area contributed by atoms with Crippen molar-refractivity contribution in [2.75, 3.05) is 52.5 Å². The highest BCUT2D eigenvalue weighted by Crippen LogP contribution is 2.16. The standard InChI is InChI=1S/C14H22N2O4S/c17-11-13-20-12-10-15-6-8-16(9-7-15)21(18,19)14-4-2-1-3-5-14/h1-5,17H,6-13H2. The van der Waals surface area contributed by atoms with Crippen molar-refractivity contribution in [1.82, 2.24) is 9.21 Å². The van der Waals surface area contributed by atoms with Crippen LogP contribution in [-0.2, 0) is 14.8 Å². The molecule has 1 aliphatic heterocycles. The zero-order chi connectivity index (χ0) is 15.1. The third-order valence-electron chi connectivity index (χ3n) is 3.50.